The van der Waals surface area contributed by atoms with Crippen LogP contribution in [0.3, 0.4) is 0 Å². The molecule has 0 saturated carbocycles. The smallest absolute Gasteiger partial charge is 0.231 e. The van der Waals surface area contributed by atoms with Crippen molar-refractivity contribution in [3.8, 4) is 11.5 Å². The maximum absolute atomic E-state index is 5.42. The number of nitrogens with zero attached hydrogens (tertiary/aromatic N) is 2. The Bertz CT molecular complexity index is 586. The van der Waals surface area contributed by atoms with E-state index in [1.807, 2.05) is 23.0 Å². The van der Waals surface area contributed by atoms with E-state index in [4.69, 9.17) is 9.47 Å². The fourth-order valence-corrected chi connectivity index (χ4v) is 2.77. The van der Waals surface area contributed by atoms with Gasteiger partial charge in [-0.05, 0) is 46.6 Å². The number of hydrogen-bond donors (Lipinski definition) is 1. The van der Waals surface area contributed by atoms with Crippen molar-refractivity contribution in [2.75, 3.05) is 6.79 Å². The number of ether oxygens (including phenoxy) is 2. The summed E-state index contributed by atoms with van der Waals surface area (Å²) >= 11 is 3.51. The summed E-state index contributed by atoms with van der Waals surface area (Å²) in [5.74, 6) is 1.59. The monoisotopic (exact) mass is 337 g/mol. The van der Waals surface area contributed by atoms with Crippen LogP contribution in [0.4, 0.5) is 0 Å². The molecule has 0 saturated heterocycles. The van der Waals surface area contributed by atoms with Crippen LogP contribution < -0.4 is 14.8 Å². The van der Waals surface area contributed by atoms with E-state index in [9.17, 15) is 0 Å². The van der Waals surface area contributed by atoms with Gasteiger partial charge in [-0.15, -0.1) is 0 Å². The van der Waals surface area contributed by atoms with Crippen LogP contribution in [0.5, 0.6) is 11.5 Å². The minimum Gasteiger partial charge on any atom is -0.454 e. The molecular formula is C14H16BrN3O2. The van der Waals surface area contributed by atoms with Gasteiger partial charge in [0.15, 0.2) is 11.5 Å². The number of fused-ring (bicyclic) bond motifs is 1. The summed E-state index contributed by atoms with van der Waals surface area (Å²) in [7, 11) is 0. The molecule has 5 nitrogen and oxygen atoms in total. The van der Waals surface area contributed by atoms with Gasteiger partial charge in [-0.2, -0.15) is 5.10 Å². The van der Waals surface area contributed by atoms with Crippen molar-refractivity contribution in [2.24, 2.45) is 0 Å². The Hall–Kier alpha value is -1.53. The Morgan fingerprint density at radius 3 is 3.15 bits per heavy atom. The quantitative estimate of drug-likeness (QED) is 0.910. The topological polar surface area (TPSA) is 48.3 Å². The van der Waals surface area contributed by atoms with Crippen molar-refractivity contribution in [1.29, 1.82) is 0 Å². The van der Waals surface area contributed by atoms with Crippen molar-refractivity contribution in [1.82, 2.24) is 15.1 Å². The van der Waals surface area contributed by atoms with Gasteiger partial charge in [-0.3, -0.25) is 4.68 Å². The second-order valence-corrected chi connectivity index (χ2v) is 5.68. The summed E-state index contributed by atoms with van der Waals surface area (Å²) in [6.07, 6.45) is 3.76. The number of aromatic nitrogens is 2. The molecule has 0 bridgehead atoms. The fraction of sp³-hybridized carbons (Fsp3) is 0.357. The summed E-state index contributed by atoms with van der Waals surface area (Å²) in [4.78, 5) is 0. The summed E-state index contributed by atoms with van der Waals surface area (Å²) in [5, 5.41) is 7.68. The second-order valence-electron chi connectivity index (χ2n) is 4.82. The summed E-state index contributed by atoms with van der Waals surface area (Å²) < 4.78 is 13.7. The molecule has 0 radical (unpaired) electrons. The molecule has 0 fully saturated rings. The highest BCUT2D eigenvalue weighted by atomic mass is 79.9. The first-order chi connectivity index (χ1) is 9.72. The predicted octanol–water partition coefficient (Wildman–Crippen LogP) is 2.55. The number of hydrogen-bond acceptors (Lipinski definition) is 4. The molecule has 2 aromatic rings. The maximum Gasteiger partial charge on any atom is 0.231 e. The van der Waals surface area contributed by atoms with Crippen LogP contribution >= 0.6 is 15.9 Å². The molecule has 1 aliphatic rings. The first-order valence-electron chi connectivity index (χ1n) is 6.51. The summed E-state index contributed by atoms with van der Waals surface area (Å²) in [6, 6.07) is 6.34. The fourth-order valence-electron chi connectivity index (χ4n) is 2.17. The number of nitrogens with one attached hydrogen (secondary N) is 1. The van der Waals surface area contributed by atoms with Gasteiger partial charge in [0.25, 0.3) is 0 Å². The second kappa shape index (κ2) is 5.85. The van der Waals surface area contributed by atoms with Crippen LogP contribution in [-0.4, -0.2) is 22.6 Å². The first-order valence-corrected chi connectivity index (χ1v) is 7.30. The lowest BCUT2D eigenvalue weighted by molar-refractivity contribution is 0.173. The highest BCUT2D eigenvalue weighted by Gasteiger charge is 2.18. The zero-order chi connectivity index (χ0) is 13.9. The average Bonchev–Trinajstić information content (AvgIpc) is 3.07. The molecule has 0 amide bonds. The molecule has 1 aliphatic heterocycles. The normalized spacial score (nSPS) is 14.5. The third-order valence-electron chi connectivity index (χ3n) is 3.16. The third kappa shape index (κ3) is 2.96. The molecule has 1 N–H and O–H groups in total. The molecule has 3 rings (SSSR count). The van der Waals surface area contributed by atoms with Gasteiger partial charge in [0, 0.05) is 25.0 Å². The molecule has 1 aromatic heterocycles. The zero-order valence-corrected chi connectivity index (χ0v) is 12.8. The molecule has 20 heavy (non-hydrogen) atoms. The van der Waals surface area contributed by atoms with Crippen LogP contribution in [0.25, 0.3) is 0 Å². The summed E-state index contributed by atoms with van der Waals surface area (Å²) in [6.45, 7) is 4.06. The van der Waals surface area contributed by atoms with Gasteiger partial charge >= 0.3 is 0 Å². The van der Waals surface area contributed by atoms with Gasteiger partial charge in [0.2, 0.25) is 6.79 Å². The van der Waals surface area contributed by atoms with Gasteiger partial charge in [0.1, 0.15) is 0 Å². The van der Waals surface area contributed by atoms with Crippen LogP contribution in [0.15, 0.2) is 35.1 Å². The van der Waals surface area contributed by atoms with E-state index in [0.717, 1.165) is 34.6 Å². The molecule has 0 unspecified atom stereocenters. The largest absolute Gasteiger partial charge is 0.454 e. The Labute approximate surface area is 126 Å². The molecule has 0 aliphatic carbocycles. The van der Waals surface area contributed by atoms with E-state index >= 15 is 0 Å². The highest BCUT2D eigenvalue weighted by molar-refractivity contribution is 9.10. The van der Waals surface area contributed by atoms with E-state index < -0.39 is 0 Å². The Morgan fingerprint density at radius 1 is 1.45 bits per heavy atom. The highest BCUT2D eigenvalue weighted by Crippen LogP contribution is 2.39. The Balaban J connectivity index is 1.59. The van der Waals surface area contributed by atoms with Crippen LogP contribution in [0.2, 0.25) is 0 Å². The lowest BCUT2D eigenvalue weighted by Crippen LogP contribution is -2.30. The van der Waals surface area contributed by atoms with Crippen molar-refractivity contribution < 1.29 is 9.47 Å². The molecule has 106 valence electrons. The van der Waals surface area contributed by atoms with E-state index in [0.29, 0.717) is 12.8 Å². The lowest BCUT2D eigenvalue weighted by atomic mass is 10.2. The van der Waals surface area contributed by atoms with Crippen LogP contribution in [-0.2, 0) is 13.1 Å². The van der Waals surface area contributed by atoms with E-state index in [-0.39, 0.29) is 0 Å². The van der Waals surface area contributed by atoms with Gasteiger partial charge in [-0.25, -0.2) is 0 Å². The number of rotatable bonds is 5. The average molecular weight is 338 g/mol. The van der Waals surface area contributed by atoms with E-state index in [2.05, 4.69) is 39.3 Å². The Morgan fingerprint density at radius 2 is 2.35 bits per heavy atom. The Kier molecular flexibility index (Phi) is 3.93. The van der Waals surface area contributed by atoms with Crippen LogP contribution in [0, 0.1) is 0 Å². The molecule has 2 heterocycles. The van der Waals surface area contributed by atoms with E-state index in [1.54, 1.807) is 6.20 Å². The van der Waals surface area contributed by atoms with Gasteiger partial charge in [0.05, 0.1) is 11.0 Å². The minimum atomic E-state index is 0.292. The minimum absolute atomic E-state index is 0.292. The lowest BCUT2D eigenvalue weighted by Gasteiger charge is -2.14. The standard InChI is InChI=1S/C14H16BrN3O2/c1-10(8-18-4-2-3-17-18)16-7-11-5-12(15)14-13(6-11)19-9-20-14/h2-6,10,16H,7-9H2,1H3/t10-/m0/s1. The molecule has 1 aromatic carbocycles. The number of halogens is 1. The maximum atomic E-state index is 5.42. The molecule has 0 spiro atoms. The number of benzene rings is 1. The van der Waals surface area contributed by atoms with Gasteiger partial charge < -0.3 is 14.8 Å². The van der Waals surface area contributed by atoms with Crippen molar-refractivity contribution in [3.63, 3.8) is 0 Å². The SMILES string of the molecule is C[C@@H](Cn1cccn1)NCc1cc(Br)c2c(c1)OCO2. The first kappa shape index (κ1) is 13.5. The van der Waals surface area contributed by atoms with Crippen molar-refractivity contribution >= 4 is 15.9 Å². The molecule has 6 heteroatoms. The molecular weight excluding hydrogens is 322 g/mol. The zero-order valence-electron chi connectivity index (χ0n) is 11.2. The van der Waals surface area contributed by atoms with Crippen LogP contribution in [0.1, 0.15) is 12.5 Å². The van der Waals surface area contributed by atoms with Crippen molar-refractivity contribution in [3.05, 3.63) is 40.6 Å². The van der Waals surface area contributed by atoms with Gasteiger partial charge in [-0.1, -0.05) is 0 Å². The third-order valence-corrected chi connectivity index (χ3v) is 3.75. The molecule has 1 atom stereocenters. The van der Waals surface area contributed by atoms with E-state index in [1.165, 1.54) is 0 Å². The summed E-state index contributed by atoms with van der Waals surface area (Å²) in [5.41, 5.74) is 1.16. The van der Waals surface area contributed by atoms with Crippen molar-refractivity contribution in [2.45, 2.75) is 26.1 Å². The predicted molar refractivity (Wildman–Crippen MR) is 78.8 cm³/mol.